The number of para-hydroxylation sites is 2. The molecule has 2 aromatic heterocycles. The molecule has 2 N–H and O–H groups in total. The second kappa shape index (κ2) is 9.69. The van der Waals surface area contributed by atoms with Gasteiger partial charge in [0.25, 0.3) is 0 Å². The molecule has 1 amide bonds. The maximum atomic E-state index is 12.4. The minimum atomic E-state index is -0.0980. The molecule has 3 rings (SSSR count). The fourth-order valence-electron chi connectivity index (χ4n) is 2.56. The van der Waals surface area contributed by atoms with Gasteiger partial charge in [0, 0.05) is 10.6 Å². The quantitative estimate of drug-likeness (QED) is 0.499. The first-order valence-corrected chi connectivity index (χ1v) is 11.9. The molecule has 1 aromatic carbocycles. The third-order valence-corrected chi connectivity index (χ3v) is 6.83. The molecule has 0 unspecified atom stereocenters. The van der Waals surface area contributed by atoms with Crippen molar-refractivity contribution in [1.82, 2.24) is 15.3 Å². The van der Waals surface area contributed by atoms with Gasteiger partial charge in [0.2, 0.25) is 5.91 Å². The number of benzene rings is 1. The lowest BCUT2D eigenvalue weighted by molar-refractivity contribution is -0.119. The number of nitrogens with zero attached hydrogens (tertiary/aromatic N) is 1. The SMILES string of the molecule is CSCC[C@H](NC(=O)CSCc1ccc(Cl)s1)c1nc2ccccc2[nH]1. The van der Waals surface area contributed by atoms with Crippen molar-refractivity contribution < 1.29 is 4.79 Å². The number of H-pyrrole nitrogens is 1. The van der Waals surface area contributed by atoms with Gasteiger partial charge in [-0.2, -0.15) is 11.8 Å². The largest absolute Gasteiger partial charge is 0.345 e. The first kappa shape index (κ1) is 19.6. The summed E-state index contributed by atoms with van der Waals surface area (Å²) < 4.78 is 0.784. The average Bonchev–Trinajstić information content (AvgIpc) is 3.24. The monoisotopic (exact) mass is 425 g/mol. The van der Waals surface area contributed by atoms with Gasteiger partial charge < -0.3 is 10.3 Å². The lowest BCUT2D eigenvalue weighted by atomic mass is 10.2. The zero-order valence-corrected chi connectivity index (χ0v) is 17.5. The molecule has 0 fully saturated rings. The van der Waals surface area contributed by atoms with Crippen molar-refractivity contribution in [3.8, 4) is 0 Å². The highest BCUT2D eigenvalue weighted by molar-refractivity contribution is 7.99. The summed E-state index contributed by atoms with van der Waals surface area (Å²) in [4.78, 5) is 21.6. The highest BCUT2D eigenvalue weighted by Crippen LogP contribution is 2.25. The van der Waals surface area contributed by atoms with Crippen LogP contribution < -0.4 is 5.32 Å². The van der Waals surface area contributed by atoms with Crippen LogP contribution in [0.25, 0.3) is 11.0 Å². The molecular formula is C18H20ClN3OS3. The Bertz CT molecular complexity index is 831. The summed E-state index contributed by atoms with van der Waals surface area (Å²) >= 11 is 10.9. The Kier molecular flexibility index (Phi) is 7.31. The number of halogens is 1. The highest BCUT2D eigenvalue weighted by Gasteiger charge is 2.18. The Labute approximate surface area is 170 Å². The van der Waals surface area contributed by atoms with Gasteiger partial charge in [-0.15, -0.1) is 23.1 Å². The van der Waals surface area contributed by atoms with Gasteiger partial charge in [-0.1, -0.05) is 23.7 Å². The summed E-state index contributed by atoms with van der Waals surface area (Å²) in [7, 11) is 0. The number of rotatable bonds is 9. The van der Waals surface area contributed by atoms with Gasteiger partial charge in [-0.25, -0.2) is 4.98 Å². The highest BCUT2D eigenvalue weighted by atomic mass is 35.5. The van der Waals surface area contributed by atoms with Crippen molar-refractivity contribution in [3.05, 3.63) is 51.4 Å². The van der Waals surface area contributed by atoms with Gasteiger partial charge in [-0.05, 0) is 42.7 Å². The van der Waals surface area contributed by atoms with Crippen molar-refractivity contribution in [3.63, 3.8) is 0 Å². The number of carbonyl (C=O) groups is 1. The second-order valence-corrected chi connectivity index (χ2v) is 9.51. The van der Waals surface area contributed by atoms with Crippen LogP contribution in [0, 0.1) is 0 Å². The predicted molar refractivity (Wildman–Crippen MR) is 115 cm³/mol. The van der Waals surface area contributed by atoms with Crippen LogP contribution in [0.5, 0.6) is 0 Å². The van der Waals surface area contributed by atoms with E-state index in [0.717, 1.165) is 39.1 Å². The van der Waals surface area contributed by atoms with Crippen LogP contribution in [0.15, 0.2) is 36.4 Å². The molecule has 0 aliphatic heterocycles. The second-order valence-electron chi connectivity index (χ2n) is 5.74. The van der Waals surface area contributed by atoms with Gasteiger partial charge in [-0.3, -0.25) is 4.79 Å². The number of hydrogen-bond acceptors (Lipinski definition) is 5. The molecule has 0 aliphatic rings. The first-order chi connectivity index (χ1) is 12.7. The summed E-state index contributed by atoms with van der Waals surface area (Å²) in [6, 6.07) is 11.7. The third kappa shape index (κ3) is 5.42. The Hall–Kier alpha value is -1.15. The molecular weight excluding hydrogens is 406 g/mol. The van der Waals surface area contributed by atoms with Crippen molar-refractivity contribution in [2.24, 2.45) is 0 Å². The van der Waals surface area contributed by atoms with E-state index in [4.69, 9.17) is 11.6 Å². The van der Waals surface area contributed by atoms with Crippen LogP contribution in [0.4, 0.5) is 0 Å². The fraction of sp³-hybridized carbons (Fsp3) is 0.333. The van der Waals surface area contributed by atoms with Crippen LogP contribution >= 0.6 is 46.5 Å². The summed E-state index contributed by atoms with van der Waals surface area (Å²) in [5.41, 5.74) is 1.92. The minimum absolute atomic E-state index is 0.0317. The Morgan fingerprint density at radius 3 is 2.92 bits per heavy atom. The van der Waals surface area contributed by atoms with Gasteiger partial charge in [0.05, 0.1) is 27.2 Å². The molecule has 26 heavy (non-hydrogen) atoms. The number of hydrogen-bond donors (Lipinski definition) is 2. The number of carbonyl (C=O) groups excluding carboxylic acids is 1. The lowest BCUT2D eigenvalue weighted by Crippen LogP contribution is -2.31. The number of aromatic nitrogens is 2. The topological polar surface area (TPSA) is 57.8 Å². The fourth-order valence-corrected chi connectivity index (χ4v) is 5.07. The zero-order chi connectivity index (χ0) is 18.4. The summed E-state index contributed by atoms with van der Waals surface area (Å²) in [5, 5.41) is 3.13. The molecule has 138 valence electrons. The Morgan fingerprint density at radius 1 is 1.35 bits per heavy atom. The van der Waals surface area contributed by atoms with E-state index in [2.05, 4.69) is 21.5 Å². The standard InChI is InChI=1S/C18H20ClN3OS3/c1-24-9-8-15(18-21-13-4-2-3-5-14(13)22-18)20-17(23)11-25-10-12-6-7-16(19)26-12/h2-7,15H,8-11H2,1H3,(H,20,23)(H,21,22)/t15-/m0/s1. The Morgan fingerprint density at radius 2 is 2.19 bits per heavy atom. The number of amides is 1. The predicted octanol–water partition coefficient (Wildman–Crippen LogP) is 5.12. The number of aromatic amines is 1. The van der Waals surface area contributed by atoms with Crippen LogP contribution in [0.3, 0.4) is 0 Å². The van der Waals surface area contributed by atoms with Gasteiger partial charge in [0.1, 0.15) is 5.82 Å². The molecule has 0 bridgehead atoms. The van der Waals surface area contributed by atoms with E-state index < -0.39 is 0 Å². The summed E-state index contributed by atoms with van der Waals surface area (Å²) in [6.45, 7) is 0. The average molecular weight is 426 g/mol. The summed E-state index contributed by atoms with van der Waals surface area (Å²) in [6.07, 6.45) is 2.91. The molecule has 0 spiro atoms. The van der Waals surface area contributed by atoms with E-state index in [1.54, 1.807) is 34.9 Å². The van der Waals surface area contributed by atoms with E-state index in [0.29, 0.717) is 5.75 Å². The van der Waals surface area contributed by atoms with E-state index in [1.807, 2.05) is 36.4 Å². The molecule has 0 saturated heterocycles. The van der Waals surface area contributed by atoms with Crippen LogP contribution in [0.1, 0.15) is 23.2 Å². The van der Waals surface area contributed by atoms with Crippen LogP contribution in [-0.2, 0) is 10.5 Å². The maximum Gasteiger partial charge on any atom is 0.230 e. The molecule has 1 atom stereocenters. The van der Waals surface area contributed by atoms with E-state index in [9.17, 15) is 4.79 Å². The van der Waals surface area contributed by atoms with Crippen LogP contribution in [0.2, 0.25) is 4.34 Å². The van der Waals surface area contributed by atoms with E-state index in [1.165, 1.54) is 4.88 Å². The smallest absolute Gasteiger partial charge is 0.230 e. The normalized spacial score (nSPS) is 12.4. The zero-order valence-electron chi connectivity index (χ0n) is 14.3. The van der Waals surface area contributed by atoms with E-state index >= 15 is 0 Å². The van der Waals surface area contributed by atoms with E-state index in [-0.39, 0.29) is 11.9 Å². The summed E-state index contributed by atoms with van der Waals surface area (Å²) in [5.74, 6) is 3.03. The van der Waals surface area contributed by atoms with Crippen molar-refractivity contribution in [2.45, 2.75) is 18.2 Å². The third-order valence-electron chi connectivity index (χ3n) is 3.79. The van der Waals surface area contributed by atoms with Crippen molar-refractivity contribution in [2.75, 3.05) is 17.8 Å². The number of thioether (sulfide) groups is 2. The first-order valence-electron chi connectivity index (χ1n) is 8.20. The Balaban J connectivity index is 1.59. The molecule has 2 heterocycles. The molecule has 3 aromatic rings. The maximum absolute atomic E-state index is 12.4. The number of nitrogens with one attached hydrogen (secondary N) is 2. The van der Waals surface area contributed by atoms with Gasteiger partial charge >= 0.3 is 0 Å². The number of fused-ring (bicyclic) bond motifs is 1. The van der Waals surface area contributed by atoms with Crippen LogP contribution in [-0.4, -0.2) is 33.6 Å². The molecule has 0 saturated carbocycles. The molecule has 4 nitrogen and oxygen atoms in total. The number of imidazole rings is 1. The molecule has 8 heteroatoms. The molecule has 0 radical (unpaired) electrons. The minimum Gasteiger partial charge on any atom is -0.345 e. The number of thiophene rings is 1. The molecule has 0 aliphatic carbocycles. The van der Waals surface area contributed by atoms with Crippen molar-refractivity contribution in [1.29, 1.82) is 0 Å². The lowest BCUT2D eigenvalue weighted by Gasteiger charge is -2.16. The van der Waals surface area contributed by atoms with Gasteiger partial charge in [0.15, 0.2) is 0 Å². The van der Waals surface area contributed by atoms with Crippen molar-refractivity contribution >= 4 is 63.4 Å².